The maximum Gasteiger partial charge on any atom is 0.337 e. The van der Waals surface area contributed by atoms with Gasteiger partial charge in [0, 0.05) is 6.07 Å². The molecule has 0 amide bonds. The van der Waals surface area contributed by atoms with E-state index in [4.69, 9.17) is 26.4 Å². The van der Waals surface area contributed by atoms with Crippen molar-refractivity contribution in [3.8, 4) is 17.2 Å². The number of aromatic nitrogens is 2. The van der Waals surface area contributed by atoms with Gasteiger partial charge in [0.1, 0.15) is 0 Å². The number of hydrogen-bond donors (Lipinski definition) is 1. The van der Waals surface area contributed by atoms with Crippen LogP contribution in [0.2, 0.25) is 0 Å². The lowest BCUT2D eigenvalue weighted by atomic mass is 10.1. The number of esters is 1. The van der Waals surface area contributed by atoms with Gasteiger partial charge in [-0.2, -0.15) is 0 Å². The van der Waals surface area contributed by atoms with E-state index in [1.807, 2.05) is 0 Å². The summed E-state index contributed by atoms with van der Waals surface area (Å²) in [5, 5.41) is 0.390. The Morgan fingerprint density at radius 2 is 1.77 bits per heavy atom. The summed E-state index contributed by atoms with van der Waals surface area (Å²) in [4.78, 5) is 27.6. The average molecular weight is 372 g/mol. The molecule has 3 aromatic rings. The molecule has 1 N–H and O–H groups in total. The van der Waals surface area contributed by atoms with E-state index in [-0.39, 0.29) is 10.3 Å². The third-order valence-electron chi connectivity index (χ3n) is 3.94. The molecule has 0 fully saturated rings. The van der Waals surface area contributed by atoms with Crippen molar-refractivity contribution < 1.29 is 19.0 Å². The number of nitrogens with one attached hydrogen (secondary N) is 1. The highest BCUT2D eigenvalue weighted by Gasteiger charge is 2.13. The van der Waals surface area contributed by atoms with Crippen LogP contribution in [-0.2, 0) is 4.74 Å². The summed E-state index contributed by atoms with van der Waals surface area (Å²) in [6.07, 6.45) is 0. The number of hydrogen-bond acceptors (Lipinski definition) is 6. The van der Waals surface area contributed by atoms with Gasteiger partial charge < -0.3 is 19.2 Å². The number of benzene rings is 2. The van der Waals surface area contributed by atoms with Gasteiger partial charge in [0.25, 0.3) is 5.56 Å². The minimum Gasteiger partial charge on any atom is -0.493 e. The van der Waals surface area contributed by atoms with Crippen molar-refractivity contribution in [2.75, 3.05) is 21.3 Å². The van der Waals surface area contributed by atoms with E-state index in [1.54, 1.807) is 24.3 Å². The lowest BCUT2D eigenvalue weighted by Crippen LogP contribution is -2.20. The number of fused-ring (bicyclic) bond motifs is 1. The molecule has 7 nitrogen and oxygen atoms in total. The van der Waals surface area contributed by atoms with Crippen LogP contribution in [0.5, 0.6) is 11.5 Å². The van der Waals surface area contributed by atoms with Crippen LogP contribution in [0, 0.1) is 4.77 Å². The number of carbonyl (C=O) groups excluding carboxylic acids is 1. The van der Waals surface area contributed by atoms with Crippen LogP contribution in [0.4, 0.5) is 0 Å². The second-order valence-electron chi connectivity index (χ2n) is 5.36. The summed E-state index contributed by atoms with van der Waals surface area (Å²) in [5.74, 6) is 0.533. The Hall–Kier alpha value is -3.13. The van der Waals surface area contributed by atoms with Gasteiger partial charge in [-0.1, -0.05) is 0 Å². The molecule has 8 heteroatoms. The largest absolute Gasteiger partial charge is 0.493 e. The Morgan fingerprint density at radius 1 is 1.04 bits per heavy atom. The highest BCUT2D eigenvalue weighted by Crippen LogP contribution is 2.29. The van der Waals surface area contributed by atoms with Crippen molar-refractivity contribution in [3.05, 3.63) is 57.1 Å². The SMILES string of the molecule is COC(=O)c1ccc2c(=O)n(-c3ccc(OC)c(OC)c3)c(=S)[nH]c2c1. The van der Waals surface area contributed by atoms with E-state index in [1.165, 1.54) is 38.0 Å². The first kappa shape index (κ1) is 17.7. The topological polar surface area (TPSA) is 82.6 Å². The fraction of sp³-hybridized carbons (Fsp3) is 0.167. The quantitative estimate of drug-likeness (QED) is 0.560. The average Bonchev–Trinajstić information content (AvgIpc) is 2.66. The first-order valence-electron chi connectivity index (χ1n) is 7.60. The van der Waals surface area contributed by atoms with Gasteiger partial charge in [0.05, 0.1) is 43.5 Å². The molecule has 0 aliphatic heterocycles. The van der Waals surface area contributed by atoms with Crippen molar-refractivity contribution in [2.24, 2.45) is 0 Å². The molecule has 1 heterocycles. The molecular formula is C18H16N2O5S. The van der Waals surface area contributed by atoms with Gasteiger partial charge in [0.2, 0.25) is 0 Å². The third kappa shape index (κ3) is 2.95. The van der Waals surface area contributed by atoms with Crippen molar-refractivity contribution in [3.63, 3.8) is 0 Å². The predicted molar refractivity (Wildman–Crippen MR) is 99.2 cm³/mol. The molecule has 0 spiro atoms. The van der Waals surface area contributed by atoms with E-state index < -0.39 is 5.97 Å². The Morgan fingerprint density at radius 3 is 2.42 bits per heavy atom. The lowest BCUT2D eigenvalue weighted by Gasteiger charge is -2.12. The van der Waals surface area contributed by atoms with Gasteiger partial charge in [-0.05, 0) is 42.5 Å². The Kier molecular flexibility index (Phi) is 4.77. The van der Waals surface area contributed by atoms with Gasteiger partial charge >= 0.3 is 5.97 Å². The molecule has 1 aromatic heterocycles. The fourth-order valence-corrected chi connectivity index (χ4v) is 2.96. The normalized spacial score (nSPS) is 10.6. The molecule has 0 saturated heterocycles. The van der Waals surface area contributed by atoms with E-state index in [0.29, 0.717) is 33.7 Å². The molecule has 2 aromatic carbocycles. The number of H-pyrrole nitrogens is 1. The summed E-state index contributed by atoms with van der Waals surface area (Å²) in [6.45, 7) is 0. The number of ether oxygens (including phenoxy) is 3. The van der Waals surface area contributed by atoms with Crippen LogP contribution in [0.15, 0.2) is 41.2 Å². The lowest BCUT2D eigenvalue weighted by molar-refractivity contribution is 0.0601. The summed E-state index contributed by atoms with van der Waals surface area (Å²) < 4.78 is 16.7. The predicted octanol–water partition coefficient (Wildman–Crippen LogP) is 2.85. The highest BCUT2D eigenvalue weighted by molar-refractivity contribution is 7.71. The summed E-state index contributed by atoms with van der Waals surface area (Å²) in [6, 6.07) is 9.70. The van der Waals surface area contributed by atoms with Gasteiger partial charge in [-0.3, -0.25) is 9.36 Å². The van der Waals surface area contributed by atoms with E-state index in [2.05, 4.69) is 4.98 Å². The van der Waals surface area contributed by atoms with Crippen LogP contribution in [-0.4, -0.2) is 36.8 Å². The molecule has 0 atom stereocenters. The molecule has 0 saturated carbocycles. The highest BCUT2D eigenvalue weighted by atomic mass is 32.1. The van der Waals surface area contributed by atoms with E-state index in [9.17, 15) is 9.59 Å². The van der Waals surface area contributed by atoms with Gasteiger partial charge in [-0.15, -0.1) is 0 Å². The monoisotopic (exact) mass is 372 g/mol. The third-order valence-corrected chi connectivity index (χ3v) is 4.23. The van der Waals surface area contributed by atoms with Crippen LogP contribution in [0.3, 0.4) is 0 Å². The van der Waals surface area contributed by atoms with Crippen molar-refractivity contribution >= 4 is 29.1 Å². The molecule has 0 aliphatic rings. The van der Waals surface area contributed by atoms with Crippen molar-refractivity contribution in [1.29, 1.82) is 0 Å². The zero-order valence-corrected chi connectivity index (χ0v) is 15.2. The van der Waals surface area contributed by atoms with Gasteiger partial charge in [0.15, 0.2) is 16.3 Å². The van der Waals surface area contributed by atoms with Gasteiger partial charge in [-0.25, -0.2) is 4.79 Å². The molecule has 134 valence electrons. The molecule has 0 bridgehead atoms. The molecule has 0 aliphatic carbocycles. The van der Waals surface area contributed by atoms with Crippen LogP contribution in [0.25, 0.3) is 16.6 Å². The van der Waals surface area contributed by atoms with Crippen molar-refractivity contribution in [2.45, 2.75) is 0 Å². The number of methoxy groups -OCH3 is 3. The summed E-state index contributed by atoms with van der Waals surface area (Å²) in [5.41, 5.74) is 1.01. The standard InChI is InChI=1S/C18H16N2O5S/c1-23-14-7-5-11(9-15(14)24-2)20-16(21)12-6-4-10(17(22)25-3)8-13(12)19-18(20)26/h4-9H,1-3H3,(H,19,26). The molecule has 26 heavy (non-hydrogen) atoms. The van der Waals surface area contributed by atoms with Crippen molar-refractivity contribution in [1.82, 2.24) is 9.55 Å². The first-order valence-corrected chi connectivity index (χ1v) is 8.00. The molecule has 0 radical (unpaired) electrons. The van der Waals surface area contributed by atoms with Crippen LogP contribution < -0.4 is 15.0 Å². The Balaban J connectivity index is 2.24. The number of aromatic amines is 1. The van der Waals surface area contributed by atoms with E-state index in [0.717, 1.165) is 0 Å². The first-order chi connectivity index (χ1) is 12.5. The summed E-state index contributed by atoms with van der Waals surface area (Å²) >= 11 is 5.35. The minimum absolute atomic E-state index is 0.191. The maximum atomic E-state index is 12.9. The zero-order chi connectivity index (χ0) is 18.8. The smallest absolute Gasteiger partial charge is 0.337 e. The molecule has 3 rings (SSSR count). The second-order valence-corrected chi connectivity index (χ2v) is 5.75. The van der Waals surface area contributed by atoms with E-state index >= 15 is 0 Å². The second kappa shape index (κ2) is 7.01. The molecular weight excluding hydrogens is 356 g/mol. The summed E-state index contributed by atoms with van der Waals surface area (Å²) in [7, 11) is 4.34. The number of carbonyl (C=O) groups is 1. The van der Waals surface area contributed by atoms with Crippen LogP contribution >= 0.6 is 12.2 Å². The fourth-order valence-electron chi connectivity index (χ4n) is 2.66. The number of rotatable bonds is 4. The Bertz CT molecular complexity index is 1120. The minimum atomic E-state index is -0.490. The maximum absolute atomic E-state index is 12.9. The molecule has 0 unspecified atom stereocenters. The number of nitrogens with zero attached hydrogens (tertiary/aromatic N) is 1. The zero-order valence-electron chi connectivity index (χ0n) is 14.4. The van der Waals surface area contributed by atoms with Crippen LogP contribution in [0.1, 0.15) is 10.4 Å². The Labute approximate surface area is 153 Å².